The Morgan fingerprint density at radius 2 is 1.52 bits per heavy atom. The molecule has 0 aliphatic rings. The Balaban J connectivity index is 1.87. The van der Waals surface area contributed by atoms with Gasteiger partial charge in [-0.2, -0.15) is 0 Å². The summed E-state index contributed by atoms with van der Waals surface area (Å²) in [7, 11) is 0. The SMILES string of the molecule is O=C(NC(Cc1ccccc1)c1ccccc1)c1cc(Cl)ccc1Cl. The molecule has 4 heteroatoms. The van der Waals surface area contributed by atoms with Gasteiger partial charge in [-0.1, -0.05) is 83.9 Å². The average molecular weight is 370 g/mol. The van der Waals surface area contributed by atoms with E-state index >= 15 is 0 Å². The van der Waals surface area contributed by atoms with Gasteiger partial charge in [0.25, 0.3) is 5.91 Å². The minimum Gasteiger partial charge on any atom is -0.345 e. The fraction of sp³-hybridized carbons (Fsp3) is 0.0952. The molecule has 0 saturated heterocycles. The van der Waals surface area contributed by atoms with Crippen molar-refractivity contribution in [2.75, 3.05) is 0 Å². The van der Waals surface area contributed by atoms with Gasteiger partial charge in [-0.05, 0) is 35.7 Å². The lowest BCUT2D eigenvalue weighted by atomic mass is 9.98. The number of carbonyl (C=O) groups is 1. The lowest BCUT2D eigenvalue weighted by Crippen LogP contribution is -2.30. The van der Waals surface area contributed by atoms with E-state index in [1.165, 1.54) is 0 Å². The van der Waals surface area contributed by atoms with E-state index in [-0.39, 0.29) is 11.9 Å². The third kappa shape index (κ3) is 4.62. The average Bonchev–Trinajstić information content (AvgIpc) is 2.64. The lowest BCUT2D eigenvalue weighted by Gasteiger charge is -2.20. The number of benzene rings is 3. The Kier molecular flexibility index (Phi) is 5.75. The van der Waals surface area contributed by atoms with Gasteiger partial charge in [-0.25, -0.2) is 0 Å². The highest BCUT2D eigenvalue weighted by Gasteiger charge is 2.18. The van der Waals surface area contributed by atoms with Crippen LogP contribution in [0.5, 0.6) is 0 Å². The van der Waals surface area contributed by atoms with Crippen molar-refractivity contribution < 1.29 is 4.79 Å². The van der Waals surface area contributed by atoms with E-state index < -0.39 is 0 Å². The van der Waals surface area contributed by atoms with Crippen LogP contribution in [0.2, 0.25) is 10.0 Å². The van der Waals surface area contributed by atoms with Gasteiger partial charge < -0.3 is 5.32 Å². The molecule has 0 bridgehead atoms. The third-order valence-corrected chi connectivity index (χ3v) is 4.53. The summed E-state index contributed by atoms with van der Waals surface area (Å²) in [6.45, 7) is 0. The molecule has 1 N–H and O–H groups in total. The Hall–Kier alpha value is -2.29. The van der Waals surface area contributed by atoms with Crippen molar-refractivity contribution >= 4 is 29.1 Å². The quantitative estimate of drug-likeness (QED) is 0.613. The summed E-state index contributed by atoms with van der Waals surface area (Å²) in [5, 5.41) is 3.95. The summed E-state index contributed by atoms with van der Waals surface area (Å²) >= 11 is 12.2. The van der Waals surface area contributed by atoms with Crippen molar-refractivity contribution in [1.29, 1.82) is 0 Å². The van der Waals surface area contributed by atoms with Gasteiger partial charge in [0, 0.05) is 5.02 Å². The van der Waals surface area contributed by atoms with Crippen LogP contribution in [0, 0.1) is 0 Å². The third-order valence-electron chi connectivity index (χ3n) is 3.96. The van der Waals surface area contributed by atoms with Crippen LogP contribution < -0.4 is 5.32 Å². The van der Waals surface area contributed by atoms with Gasteiger partial charge in [0.15, 0.2) is 0 Å². The van der Waals surface area contributed by atoms with Gasteiger partial charge in [0.05, 0.1) is 16.6 Å². The van der Waals surface area contributed by atoms with Gasteiger partial charge in [-0.15, -0.1) is 0 Å². The second-order valence-corrected chi connectivity index (χ2v) is 6.59. The Morgan fingerprint density at radius 1 is 0.880 bits per heavy atom. The molecule has 3 aromatic rings. The fourth-order valence-corrected chi connectivity index (χ4v) is 3.07. The second kappa shape index (κ2) is 8.19. The van der Waals surface area contributed by atoms with Crippen LogP contribution in [0.4, 0.5) is 0 Å². The topological polar surface area (TPSA) is 29.1 Å². The molecule has 0 aliphatic heterocycles. The number of nitrogens with one attached hydrogen (secondary N) is 1. The van der Waals surface area contributed by atoms with Crippen LogP contribution >= 0.6 is 23.2 Å². The molecule has 1 unspecified atom stereocenters. The van der Waals surface area contributed by atoms with Crippen molar-refractivity contribution in [3.05, 3.63) is 106 Å². The molecule has 0 heterocycles. The monoisotopic (exact) mass is 369 g/mol. The van der Waals surface area contributed by atoms with Crippen molar-refractivity contribution in [1.82, 2.24) is 5.32 Å². The highest BCUT2D eigenvalue weighted by atomic mass is 35.5. The molecule has 0 saturated carbocycles. The maximum absolute atomic E-state index is 12.7. The Morgan fingerprint density at radius 3 is 2.20 bits per heavy atom. The van der Waals surface area contributed by atoms with E-state index in [9.17, 15) is 4.79 Å². The molecule has 1 amide bonds. The molecular formula is C21H17Cl2NO. The van der Waals surface area contributed by atoms with Crippen LogP contribution in [-0.4, -0.2) is 5.91 Å². The van der Waals surface area contributed by atoms with Crippen molar-refractivity contribution in [2.24, 2.45) is 0 Å². The Labute approximate surface area is 157 Å². The molecule has 2 nitrogen and oxygen atoms in total. The van der Waals surface area contributed by atoms with Crippen LogP contribution in [-0.2, 0) is 6.42 Å². The molecule has 0 fully saturated rings. The predicted molar refractivity (Wildman–Crippen MR) is 103 cm³/mol. The van der Waals surface area contributed by atoms with Crippen molar-refractivity contribution in [3.63, 3.8) is 0 Å². The maximum atomic E-state index is 12.7. The molecule has 3 rings (SSSR count). The summed E-state index contributed by atoms with van der Waals surface area (Å²) < 4.78 is 0. The number of halogens is 2. The first kappa shape index (κ1) is 17.5. The smallest absolute Gasteiger partial charge is 0.253 e. The van der Waals surface area contributed by atoms with Crippen LogP contribution in [0.3, 0.4) is 0 Å². The van der Waals surface area contributed by atoms with E-state index in [1.54, 1.807) is 18.2 Å². The molecule has 126 valence electrons. The molecule has 0 aliphatic carbocycles. The number of amides is 1. The van der Waals surface area contributed by atoms with Crippen LogP contribution in [0.25, 0.3) is 0 Å². The number of rotatable bonds is 5. The predicted octanol–water partition coefficient (Wildman–Crippen LogP) is 5.71. The highest BCUT2D eigenvalue weighted by Crippen LogP contribution is 2.23. The molecule has 25 heavy (non-hydrogen) atoms. The minimum absolute atomic E-state index is 0.161. The normalized spacial score (nSPS) is 11.8. The zero-order valence-electron chi connectivity index (χ0n) is 13.5. The molecule has 0 radical (unpaired) electrons. The van der Waals surface area contributed by atoms with Crippen LogP contribution in [0.1, 0.15) is 27.5 Å². The van der Waals surface area contributed by atoms with E-state index in [0.29, 0.717) is 22.0 Å². The van der Waals surface area contributed by atoms with Gasteiger partial charge >= 0.3 is 0 Å². The molecular weight excluding hydrogens is 353 g/mol. The second-order valence-electron chi connectivity index (χ2n) is 5.75. The first-order chi connectivity index (χ1) is 12.1. The largest absolute Gasteiger partial charge is 0.345 e. The Bertz CT molecular complexity index is 850. The van der Waals surface area contributed by atoms with E-state index in [0.717, 1.165) is 11.1 Å². The summed E-state index contributed by atoms with van der Waals surface area (Å²) in [6, 6.07) is 24.7. The number of hydrogen-bond donors (Lipinski definition) is 1. The van der Waals surface area contributed by atoms with E-state index in [4.69, 9.17) is 23.2 Å². The number of carbonyl (C=O) groups excluding carboxylic acids is 1. The van der Waals surface area contributed by atoms with Gasteiger partial charge in [0.1, 0.15) is 0 Å². The van der Waals surface area contributed by atoms with Gasteiger partial charge in [-0.3, -0.25) is 4.79 Å². The summed E-state index contributed by atoms with van der Waals surface area (Å²) in [4.78, 5) is 12.7. The highest BCUT2D eigenvalue weighted by molar-refractivity contribution is 6.35. The summed E-state index contributed by atoms with van der Waals surface area (Å²) in [6.07, 6.45) is 0.689. The maximum Gasteiger partial charge on any atom is 0.253 e. The van der Waals surface area contributed by atoms with Crippen molar-refractivity contribution in [3.8, 4) is 0 Å². The standard InChI is InChI=1S/C21H17Cl2NO/c22-17-11-12-19(23)18(14-17)21(25)24-20(16-9-5-2-6-10-16)13-15-7-3-1-4-8-15/h1-12,14,20H,13H2,(H,24,25). The van der Waals surface area contributed by atoms with Gasteiger partial charge in [0.2, 0.25) is 0 Å². The molecule has 1 atom stereocenters. The first-order valence-electron chi connectivity index (χ1n) is 7.98. The molecule has 0 spiro atoms. The molecule has 3 aromatic carbocycles. The summed E-state index contributed by atoms with van der Waals surface area (Å²) in [5.74, 6) is -0.239. The minimum atomic E-state index is -0.239. The number of hydrogen-bond acceptors (Lipinski definition) is 1. The van der Waals surface area contributed by atoms with Crippen molar-refractivity contribution in [2.45, 2.75) is 12.5 Å². The zero-order chi connectivity index (χ0) is 17.6. The summed E-state index contributed by atoms with van der Waals surface area (Å²) in [5.41, 5.74) is 2.56. The van der Waals surface area contributed by atoms with E-state index in [2.05, 4.69) is 17.4 Å². The molecule has 0 aromatic heterocycles. The zero-order valence-corrected chi connectivity index (χ0v) is 15.0. The lowest BCUT2D eigenvalue weighted by molar-refractivity contribution is 0.0936. The van der Waals surface area contributed by atoms with E-state index in [1.807, 2.05) is 48.5 Å². The van der Waals surface area contributed by atoms with Crippen LogP contribution in [0.15, 0.2) is 78.9 Å². The first-order valence-corrected chi connectivity index (χ1v) is 8.74. The fourth-order valence-electron chi connectivity index (χ4n) is 2.69.